The Morgan fingerprint density at radius 1 is 1.00 bits per heavy atom. The number of thiazole rings is 1. The van der Waals surface area contributed by atoms with Gasteiger partial charge in [-0.25, -0.2) is 9.97 Å². The number of rotatable bonds is 3. The predicted octanol–water partition coefficient (Wildman–Crippen LogP) is 5.70. The molecule has 4 nitrogen and oxygen atoms in total. The summed E-state index contributed by atoms with van der Waals surface area (Å²) < 4.78 is 2.10. The maximum Gasteiger partial charge on any atom is 0.187 e. The number of aryl methyl sites for hydroxylation is 3. The molecular formula is C19H19BrN4S. The number of imidazole rings is 1. The largest absolute Gasteiger partial charge is 0.332 e. The van der Waals surface area contributed by atoms with Crippen molar-refractivity contribution in [3.05, 3.63) is 64.8 Å². The Kier molecular flexibility index (Phi) is 4.92. The highest BCUT2D eigenvalue weighted by atomic mass is 79.9. The third-order valence-electron chi connectivity index (χ3n) is 3.97. The molecule has 0 spiro atoms. The van der Waals surface area contributed by atoms with Gasteiger partial charge in [0.2, 0.25) is 0 Å². The average Bonchev–Trinajstić information content (AvgIpc) is 3.10. The first-order valence-electron chi connectivity index (χ1n) is 7.85. The molecule has 0 unspecified atom stereocenters. The zero-order valence-corrected chi connectivity index (χ0v) is 16.8. The van der Waals surface area contributed by atoms with E-state index in [4.69, 9.17) is 4.98 Å². The van der Waals surface area contributed by atoms with Crippen molar-refractivity contribution in [2.45, 2.75) is 20.8 Å². The van der Waals surface area contributed by atoms with E-state index in [1.807, 2.05) is 13.0 Å². The molecule has 3 aromatic heterocycles. The highest BCUT2D eigenvalue weighted by molar-refractivity contribution is 8.93. The minimum absolute atomic E-state index is 0. The minimum atomic E-state index is 0. The Bertz CT molecular complexity index is 1040. The van der Waals surface area contributed by atoms with Crippen LogP contribution in [-0.2, 0) is 0 Å². The molecule has 1 N–H and O–H groups in total. The van der Waals surface area contributed by atoms with Crippen LogP contribution in [0.1, 0.15) is 16.8 Å². The number of nitrogens with zero attached hydrogens (tertiary/aromatic N) is 3. The third-order valence-corrected chi connectivity index (χ3v) is 4.73. The van der Waals surface area contributed by atoms with E-state index in [-0.39, 0.29) is 17.0 Å². The third kappa shape index (κ3) is 3.45. The summed E-state index contributed by atoms with van der Waals surface area (Å²) in [5.74, 6) is 0. The van der Waals surface area contributed by atoms with E-state index in [0.717, 1.165) is 33.5 Å². The number of aromatic nitrogens is 3. The molecule has 0 atom stereocenters. The van der Waals surface area contributed by atoms with Gasteiger partial charge in [0.15, 0.2) is 5.13 Å². The normalized spacial score (nSPS) is 10.7. The summed E-state index contributed by atoms with van der Waals surface area (Å²) in [6.07, 6.45) is 2.06. The molecule has 0 aliphatic rings. The number of nitrogens with one attached hydrogen (secondary N) is 1. The first kappa shape index (κ1) is 17.6. The van der Waals surface area contributed by atoms with Crippen LogP contribution in [0.15, 0.2) is 48.0 Å². The standard InChI is InChI=1S/C19H18N4S.BrH/c1-12-5-4-6-15(9-12)21-19-22-16(11-24-19)18-14(3)20-17-10-13(2)7-8-23(17)18;/h4-11H,1-3H3,(H,21,22);1H. The van der Waals surface area contributed by atoms with Gasteiger partial charge in [-0.1, -0.05) is 12.1 Å². The zero-order valence-electron chi connectivity index (χ0n) is 14.3. The molecule has 25 heavy (non-hydrogen) atoms. The lowest BCUT2D eigenvalue weighted by Gasteiger charge is -2.03. The van der Waals surface area contributed by atoms with Crippen LogP contribution in [-0.4, -0.2) is 14.4 Å². The Morgan fingerprint density at radius 2 is 1.80 bits per heavy atom. The van der Waals surface area contributed by atoms with Crippen LogP contribution in [0.3, 0.4) is 0 Å². The van der Waals surface area contributed by atoms with Crippen LogP contribution in [0.25, 0.3) is 17.0 Å². The number of halogens is 1. The summed E-state index contributed by atoms with van der Waals surface area (Å²) in [6, 6.07) is 12.5. The summed E-state index contributed by atoms with van der Waals surface area (Å²) in [6.45, 7) is 6.20. The first-order chi connectivity index (χ1) is 11.6. The van der Waals surface area contributed by atoms with Gasteiger partial charge in [0.1, 0.15) is 11.3 Å². The lowest BCUT2D eigenvalue weighted by molar-refractivity contribution is 1.16. The van der Waals surface area contributed by atoms with Crippen molar-refractivity contribution in [1.82, 2.24) is 14.4 Å². The van der Waals surface area contributed by atoms with Gasteiger partial charge < -0.3 is 5.32 Å². The Hall–Kier alpha value is -2.18. The molecule has 0 saturated heterocycles. The summed E-state index contributed by atoms with van der Waals surface area (Å²) >= 11 is 1.61. The number of benzene rings is 1. The van der Waals surface area contributed by atoms with Crippen LogP contribution in [0.2, 0.25) is 0 Å². The highest BCUT2D eigenvalue weighted by Crippen LogP contribution is 2.30. The topological polar surface area (TPSA) is 42.2 Å². The summed E-state index contributed by atoms with van der Waals surface area (Å²) in [4.78, 5) is 9.42. The van der Waals surface area contributed by atoms with Crippen molar-refractivity contribution in [2.75, 3.05) is 5.32 Å². The van der Waals surface area contributed by atoms with Crippen molar-refractivity contribution in [3.8, 4) is 11.4 Å². The van der Waals surface area contributed by atoms with Gasteiger partial charge >= 0.3 is 0 Å². The van der Waals surface area contributed by atoms with E-state index < -0.39 is 0 Å². The minimum Gasteiger partial charge on any atom is -0.332 e. The van der Waals surface area contributed by atoms with E-state index in [1.54, 1.807) is 11.3 Å². The second-order valence-corrected chi connectivity index (χ2v) is 6.87. The van der Waals surface area contributed by atoms with Gasteiger partial charge in [-0.05, 0) is 56.2 Å². The monoisotopic (exact) mass is 414 g/mol. The van der Waals surface area contributed by atoms with Crippen LogP contribution < -0.4 is 5.32 Å². The van der Waals surface area contributed by atoms with Gasteiger partial charge in [-0.15, -0.1) is 28.3 Å². The summed E-state index contributed by atoms with van der Waals surface area (Å²) in [7, 11) is 0. The molecule has 0 saturated carbocycles. The Morgan fingerprint density at radius 3 is 2.60 bits per heavy atom. The SMILES string of the molecule is Br.Cc1cccc(Nc2nc(-c3c(C)nc4cc(C)ccn34)cs2)c1. The fourth-order valence-corrected chi connectivity index (χ4v) is 3.57. The molecule has 3 heterocycles. The lowest BCUT2D eigenvalue weighted by atomic mass is 10.2. The number of hydrogen-bond donors (Lipinski definition) is 1. The molecule has 0 amide bonds. The molecule has 128 valence electrons. The van der Waals surface area contributed by atoms with Gasteiger partial charge in [0.05, 0.1) is 11.4 Å². The van der Waals surface area contributed by atoms with Gasteiger partial charge in [0.25, 0.3) is 0 Å². The van der Waals surface area contributed by atoms with E-state index in [1.165, 1.54) is 11.1 Å². The molecule has 0 fully saturated rings. The second-order valence-electron chi connectivity index (χ2n) is 6.01. The maximum atomic E-state index is 4.76. The van der Waals surface area contributed by atoms with Crippen molar-refractivity contribution < 1.29 is 0 Å². The van der Waals surface area contributed by atoms with Crippen molar-refractivity contribution >= 4 is 44.8 Å². The Balaban J connectivity index is 0.00000182. The first-order valence-corrected chi connectivity index (χ1v) is 8.73. The highest BCUT2D eigenvalue weighted by Gasteiger charge is 2.14. The fourth-order valence-electron chi connectivity index (χ4n) is 2.86. The molecule has 6 heteroatoms. The van der Waals surface area contributed by atoms with Crippen LogP contribution in [0.4, 0.5) is 10.8 Å². The van der Waals surface area contributed by atoms with Crippen LogP contribution in [0.5, 0.6) is 0 Å². The molecule has 4 aromatic rings. The molecule has 0 aliphatic carbocycles. The van der Waals surface area contributed by atoms with E-state index in [2.05, 4.69) is 70.5 Å². The second kappa shape index (κ2) is 6.98. The maximum absolute atomic E-state index is 4.76. The molecule has 0 bridgehead atoms. The molecule has 4 rings (SSSR count). The zero-order chi connectivity index (χ0) is 16.7. The molecule has 1 aromatic carbocycles. The number of pyridine rings is 1. The van der Waals surface area contributed by atoms with E-state index >= 15 is 0 Å². The van der Waals surface area contributed by atoms with E-state index in [9.17, 15) is 0 Å². The number of hydrogen-bond acceptors (Lipinski definition) is 4. The van der Waals surface area contributed by atoms with Crippen molar-refractivity contribution in [3.63, 3.8) is 0 Å². The van der Waals surface area contributed by atoms with Crippen molar-refractivity contribution in [2.24, 2.45) is 0 Å². The van der Waals surface area contributed by atoms with Crippen molar-refractivity contribution in [1.29, 1.82) is 0 Å². The Labute approximate surface area is 161 Å². The van der Waals surface area contributed by atoms with E-state index in [0.29, 0.717) is 0 Å². The predicted molar refractivity (Wildman–Crippen MR) is 111 cm³/mol. The van der Waals surface area contributed by atoms with Crippen LogP contribution >= 0.6 is 28.3 Å². The van der Waals surface area contributed by atoms with Gasteiger partial charge in [-0.3, -0.25) is 4.40 Å². The molecule has 0 aliphatic heterocycles. The van der Waals surface area contributed by atoms with Crippen LogP contribution in [0, 0.1) is 20.8 Å². The fraction of sp³-hybridized carbons (Fsp3) is 0.158. The lowest BCUT2D eigenvalue weighted by Crippen LogP contribution is -1.92. The summed E-state index contributed by atoms with van der Waals surface area (Å²) in [5.41, 5.74) is 7.45. The number of anilines is 2. The quantitative estimate of drug-likeness (QED) is 0.467. The number of fused-ring (bicyclic) bond motifs is 1. The average molecular weight is 415 g/mol. The van der Waals surface area contributed by atoms with Gasteiger partial charge in [-0.2, -0.15) is 0 Å². The molecular weight excluding hydrogens is 396 g/mol. The smallest absolute Gasteiger partial charge is 0.187 e. The molecule has 0 radical (unpaired) electrons. The summed E-state index contributed by atoms with van der Waals surface area (Å²) in [5, 5.41) is 6.35. The van der Waals surface area contributed by atoms with Gasteiger partial charge in [0, 0.05) is 17.3 Å².